The fourth-order valence-electron chi connectivity index (χ4n) is 3.47. The molecule has 1 fully saturated rings. The largest absolute Gasteiger partial charge is 0.341 e. The molecule has 3 aromatic rings. The first kappa shape index (κ1) is 21.9. The van der Waals surface area contributed by atoms with Gasteiger partial charge in [0.25, 0.3) is 0 Å². The monoisotopic (exact) mass is 476 g/mol. The van der Waals surface area contributed by atoms with Gasteiger partial charge in [0.1, 0.15) is 0 Å². The van der Waals surface area contributed by atoms with Gasteiger partial charge in [-0.25, -0.2) is 8.42 Å². The van der Waals surface area contributed by atoms with Crippen molar-refractivity contribution in [3.63, 3.8) is 0 Å². The van der Waals surface area contributed by atoms with E-state index in [2.05, 4.69) is 10.2 Å². The SMILES string of the molecule is CN(C(=O)CSc1nnc(-c2ccc(Cl)cc2)n1-c1ccccc1)C1CCS(=O)(=O)C1. The van der Waals surface area contributed by atoms with Crippen LogP contribution in [0, 0.1) is 0 Å². The third-order valence-corrected chi connectivity index (χ3v) is 8.14. The van der Waals surface area contributed by atoms with Gasteiger partial charge in [-0.2, -0.15) is 0 Å². The van der Waals surface area contributed by atoms with Gasteiger partial charge in [-0.15, -0.1) is 10.2 Å². The van der Waals surface area contributed by atoms with Gasteiger partial charge in [0.15, 0.2) is 20.8 Å². The van der Waals surface area contributed by atoms with Crippen molar-refractivity contribution in [2.45, 2.75) is 17.6 Å². The van der Waals surface area contributed by atoms with E-state index in [4.69, 9.17) is 11.6 Å². The molecule has 1 unspecified atom stereocenters. The van der Waals surface area contributed by atoms with Crippen LogP contribution in [-0.4, -0.2) is 64.3 Å². The molecule has 162 valence electrons. The normalized spacial score (nSPS) is 17.5. The Labute approximate surface area is 190 Å². The number of amides is 1. The average molecular weight is 477 g/mol. The summed E-state index contributed by atoms with van der Waals surface area (Å²) in [6.45, 7) is 0. The maximum Gasteiger partial charge on any atom is 0.233 e. The minimum atomic E-state index is -3.05. The summed E-state index contributed by atoms with van der Waals surface area (Å²) < 4.78 is 25.4. The predicted molar refractivity (Wildman–Crippen MR) is 122 cm³/mol. The second-order valence-corrected chi connectivity index (χ2v) is 10.9. The Kier molecular flexibility index (Phi) is 6.36. The summed E-state index contributed by atoms with van der Waals surface area (Å²) in [4.78, 5) is 14.3. The first-order valence-corrected chi connectivity index (χ1v) is 12.9. The number of benzene rings is 2. The van der Waals surface area contributed by atoms with E-state index in [1.54, 1.807) is 24.1 Å². The smallest absolute Gasteiger partial charge is 0.233 e. The Morgan fingerprint density at radius 2 is 1.87 bits per heavy atom. The van der Waals surface area contributed by atoms with Gasteiger partial charge in [0, 0.05) is 29.4 Å². The minimum absolute atomic E-state index is 0.0286. The van der Waals surface area contributed by atoms with Gasteiger partial charge in [-0.05, 0) is 42.8 Å². The number of thioether (sulfide) groups is 1. The van der Waals surface area contributed by atoms with Gasteiger partial charge in [-0.1, -0.05) is 41.6 Å². The molecule has 0 N–H and O–H groups in total. The van der Waals surface area contributed by atoms with E-state index in [-0.39, 0.29) is 29.2 Å². The Balaban J connectivity index is 1.57. The van der Waals surface area contributed by atoms with E-state index in [1.165, 1.54) is 11.8 Å². The van der Waals surface area contributed by atoms with Crippen LogP contribution in [0.3, 0.4) is 0 Å². The first-order valence-electron chi connectivity index (χ1n) is 9.70. The summed E-state index contributed by atoms with van der Waals surface area (Å²) in [5.74, 6) is 0.810. The summed E-state index contributed by atoms with van der Waals surface area (Å²) in [6, 6.07) is 16.7. The number of rotatable bonds is 6. The van der Waals surface area contributed by atoms with E-state index in [9.17, 15) is 13.2 Å². The highest BCUT2D eigenvalue weighted by Gasteiger charge is 2.32. The molecule has 1 saturated heterocycles. The van der Waals surface area contributed by atoms with Crippen molar-refractivity contribution in [3.8, 4) is 17.1 Å². The fourth-order valence-corrected chi connectivity index (χ4v) is 6.25. The van der Waals surface area contributed by atoms with Crippen LogP contribution in [-0.2, 0) is 14.6 Å². The van der Waals surface area contributed by atoms with Gasteiger partial charge in [0.2, 0.25) is 5.91 Å². The van der Waals surface area contributed by atoms with E-state index in [0.29, 0.717) is 22.4 Å². The van der Waals surface area contributed by atoms with Crippen LogP contribution in [0.2, 0.25) is 5.02 Å². The second kappa shape index (κ2) is 9.02. The number of carbonyl (C=O) groups is 1. The van der Waals surface area contributed by atoms with Crippen LogP contribution < -0.4 is 0 Å². The summed E-state index contributed by atoms with van der Waals surface area (Å²) in [5.41, 5.74) is 1.73. The van der Waals surface area contributed by atoms with Crippen molar-refractivity contribution in [2.75, 3.05) is 24.3 Å². The Hall–Kier alpha value is -2.36. The number of aromatic nitrogens is 3. The lowest BCUT2D eigenvalue weighted by atomic mass is 10.2. The average Bonchev–Trinajstić information content (AvgIpc) is 3.35. The molecular formula is C21H21ClN4O3S2. The minimum Gasteiger partial charge on any atom is -0.341 e. The molecule has 4 rings (SSSR count). The molecule has 1 aliphatic heterocycles. The van der Waals surface area contributed by atoms with E-state index in [1.807, 2.05) is 47.0 Å². The van der Waals surface area contributed by atoms with Crippen LogP contribution in [0.4, 0.5) is 0 Å². The van der Waals surface area contributed by atoms with Gasteiger partial charge in [0.05, 0.1) is 17.3 Å². The molecular weight excluding hydrogens is 456 g/mol. The van der Waals surface area contributed by atoms with Gasteiger partial charge >= 0.3 is 0 Å². The third kappa shape index (κ3) is 4.94. The predicted octanol–water partition coefficient (Wildman–Crippen LogP) is 3.33. The maximum absolute atomic E-state index is 12.7. The van der Waals surface area contributed by atoms with E-state index >= 15 is 0 Å². The summed E-state index contributed by atoms with van der Waals surface area (Å²) >= 11 is 7.30. The molecule has 1 aromatic heterocycles. The van der Waals surface area contributed by atoms with Crippen molar-refractivity contribution in [2.24, 2.45) is 0 Å². The van der Waals surface area contributed by atoms with Crippen molar-refractivity contribution in [1.29, 1.82) is 0 Å². The van der Waals surface area contributed by atoms with E-state index < -0.39 is 9.84 Å². The lowest BCUT2D eigenvalue weighted by molar-refractivity contribution is -0.128. The molecule has 1 amide bonds. The highest BCUT2D eigenvalue weighted by atomic mass is 35.5. The molecule has 0 saturated carbocycles. The molecule has 0 aliphatic carbocycles. The lowest BCUT2D eigenvalue weighted by Gasteiger charge is -2.23. The molecule has 7 nitrogen and oxygen atoms in total. The number of halogens is 1. The molecule has 0 radical (unpaired) electrons. The van der Waals surface area contributed by atoms with Crippen molar-refractivity contribution >= 4 is 39.1 Å². The summed E-state index contributed by atoms with van der Waals surface area (Å²) in [6.07, 6.45) is 0.482. The van der Waals surface area contributed by atoms with Gasteiger partial charge in [-0.3, -0.25) is 9.36 Å². The van der Waals surface area contributed by atoms with Crippen LogP contribution in [0.1, 0.15) is 6.42 Å². The fraction of sp³-hybridized carbons (Fsp3) is 0.286. The molecule has 31 heavy (non-hydrogen) atoms. The Morgan fingerprint density at radius 1 is 1.16 bits per heavy atom. The van der Waals surface area contributed by atoms with Crippen molar-refractivity contribution < 1.29 is 13.2 Å². The van der Waals surface area contributed by atoms with Crippen LogP contribution in [0.15, 0.2) is 59.8 Å². The number of para-hydroxylation sites is 1. The van der Waals surface area contributed by atoms with E-state index in [0.717, 1.165) is 11.3 Å². The molecule has 10 heteroatoms. The lowest BCUT2D eigenvalue weighted by Crippen LogP contribution is -2.38. The standard InChI is InChI=1S/C21H21ClN4O3S2/c1-25(18-11-12-31(28,29)14-18)19(27)13-30-21-24-23-20(15-7-9-16(22)10-8-15)26(21)17-5-3-2-4-6-17/h2-10,18H,11-14H2,1H3. The zero-order chi connectivity index (χ0) is 22.0. The summed E-state index contributed by atoms with van der Waals surface area (Å²) in [5, 5.41) is 9.89. The van der Waals surface area contributed by atoms with Gasteiger partial charge < -0.3 is 4.90 Å². The molecule has 0 bridgehead atoms. The quantitative estimate of drug-likeness (QED) is 0.507. The number of carbonyl (C=O) groups excluding carboxylic acids is 1. The zero-order valence-electron chi connectivity index (χ0n) is 16.8. The highest BCUT2D eigenvalue weighted by molar-refractivity contribution is 7.99. The summed E-state index contributed by atoms with van der Waals surface area (Å²) in [7, 11) is -1.39. The number of sulfone groups is 1. The number of hydrogen-bond acceptors (Lipinski definition) is 6. The zero-order valence-corrected chi connectivity index (χ0v) is 19.2. The van der Waals surface area contributed by atoms with Crippen LogP contribution in [0.25, 0.3) is 17.1 Å². The van der Waals surface area contributed by atoms with Crippen molar-refractivity contribution in [3.05, 3.63) is 59.6 Å². The van der Waals surface area contributed by atoms with Crippen LogP contribution in [0.5, 0.6) is 0 Å². The third-order valence-electron chi connectivity index (χ3n) is 5.22. The second-order valence-electron chi connectivity index (χ2n) is 7.33. The molecule has 0 spiro atoms. The molecule has 1 aliphatic rings. The number of nitrogens with zero attached hydrogens (tertiary/aromatic N) is 4. The first-order chi connectivity index (χ1) is 14.8. The van der Waals surface area contributed by atoms with Crippen LogP contribution >= 0.6 is 23.4 Å². The Morgan fingerprint density at radius 3 is 2.52 bits per heavy atom. The topological polar surface area (TPSA) is 85.2 Å². The Bertz CT molecular complexity index is 1180. The molecule has 2 aromatic carbocycles. The molecule has 1 atom stereocenters. The highest BCUT2D eigenvalue weighted by Crippen LogP contribution is 2.29. The number of hydrogen-bond donors (Lipinski definition) is 0. The maximum atomic E-state index is 12.7. The van der Waals surface area contributed by atoms with Crippen molar-refractivity contribution in [1.82, 2.24) is 19.7 Å². The molecule has 2 heterocycles.